The summed E-state index contributed by atoms with van der Waals surface area (Å²) in [6.45, 7) is 5.00. The summed E-state index contributed by atoms with van der Waals surface area (Å²) in [5.41, 5.74) is 3.25. The lowest BCUT2D eigenvalue weighted by Crippen LogP contribution is -2.11. The number of hydrogen-bond acceptors (Lipinski definition) is 3. The first kappa shape index (κ1) is 13.6. The van der Waals surface area contributed by atoms with Crippen LogP contribution in [0.4, 0.5) is 0 Å². The van der Waals surface area contributed by atoms with Crippen LogP contribution in [0, 0.1) is 13.8 Å². The molecule has 3 heteroatoms. The first-order valence-corrected chi connectivity index (χ1v) is 7.62. The second kappa shape index (κ2) is 6.39. The molecule has 1 atom stereocenters. The smallest absolute Gasteiger partial charge is 0.172 e. The molecule has 18 heavy (non-hydrogen) atoms. The van der Waals surface area contributed by atoms with Crippen LogP contribution in [0.5, 0.6) is 0 Å². The van der Waals surface area contributed by atoms with E-state index in [-0.39, 0.29) is 5.78 Å². The largest absolute Gasteiger partial charge is 0.377 e. The number of benzene rings is 1. The van der Waals surface area contributed by atoms with Crippen molar-refractivity contribution in [2.75, 3.05) is 18.1 Å². The predicted octanol–water partition coefficient (Wildman–Crippen LogP) is 3.40. The lowest BCUT2D eigenvalue weighted by atomic mass is 10.0. The van der Waals surface area contributed by atoms with Gasteiger partial charge in [-0.1, -0.05) is 12.1 Å². The van der Waals surface area contributed by atoms with Crippen LogP contribution in [0.2, 0.25) is 0 Å². The van der Waals surface area contributed by atoms with E-state index in [1.54, 1.807) is 11.8 Å². The van der Waals surface area contributed by atoms with Crippen LogP contribution in [0.25, 0.3) is 0 Å². The van der Waals surface area contributed by atoms with Crippen molar-refractivity contribution in [3.63, 3.8) is 0 Å². The Hall–Kier alpha value is -0.800. The number of hydrogen-bond donors (Lipinski definition) is 0. The third kappa shape index (κ3) is 3.59. The molecular weight excluding hydrogens is 244 g/mol. The molecule has 1 fully saturated rings. The van der Waals surface area contributed by atoms with Gasteiger partial charge in [0, 0.05) is 17.9 Å². The van der Waals surface area contributed by atoms with E-state index in [2.05, 4.69) is 6.92 Å². The summed E-state index contributed by atoms with van der Waals surface area (Å²) >= 11 is 1.69. The van der Waals surface area contributed by atoms with Crippen LogP contribution < -0.4 is 0 Å². The molecule has 1 aromatic rings. The Bertz CT molecular complexity index is 423. The van der Waals surface area contributed by atoms with Crippen LogP contribution in [0.15, 0.2) is 18.2 Å². The van der Waals surface area contributed by atoms with Gasteiger partial charge in [0.1, 0.15) is 0 Å². The molecule has 0 aromatic heterocycles. The number of carbonyl (C=O) groups excluding carboxylic acids is 1. The third-order valence-electron chi connectivity index (χ3n) is 3.39. The molecule has 0 spiro atoms. The Morgan fingerprint density at radius 1 is 1.39 bits per heavy atom. The summed E-state index contributed by atoms with van der Waals surface area (Å²) < 4.78 is 5.54. The van der Waals surface area contributed by atoms with E-state index in [4.69, 9.17) is 4.74 Å². The number of Topliss-reactive ketones (excluding diaryl/α,β-unsaturated/α-hetero) is 1. The molecule has 1 saturated heterocycles. The number of aryl methyl sites for hydroxylation is 2. The summed E-state index contributed by atoms with van der Waals surface area (Å²) in [6, 6.07) is 5.94. The van der Waals surface area contributed by atoms with Gasteiger partial charge in [-0.3, -0.25) is 4.79 Å². The summed E-state index contributed by atoms with van der Waals surface area (Å²) in [6.07, 6.45) is 2.67. The summed E-state index contributed by atoms with van der Waals surface area (Å²) in [5.74, 6) is 1.72. The SMILES string of the molecule is Cc1ccc(C(=O)CSCC2CCCO2)cc1C. The zero-order chi connectivity index (χ0) is 13.0. The van der Waals surface area contributed by atoms with Gasteiger partial charge in [0.25, 0.3) is 0 Å². The van der Waals surface area contributed by atoms with Crippen LogP contribution in [-0.2, 0) is 4.74 Å². The van der Waals surface area contributed by atoms with Crippen LogP contribution in [0.1, 0.15) is 34.3 Å². The molecule has 0 amide bonds. The van der Waals surface area contributed by atoms with Gasteiger partial charge in [0.05, 0.1) is 11.9 Å². The molecule has 1 heterocycles. The monoisotopic (exact) mass is 264 g/mol. The minimum Gasteiger partial charge on any atom is -0.377 e. The number of rotatable bonds is 5. The Morgan fingerprint density at radius 2 is 2.22 bits per heavy atom. The zero-order valence-corrected chi connectivity index (χ0v) is 11.9. The fourth-order valence-corrected chi connectivity index (χ4v) is 3.05. The molecule has 0 N–H and O–H groups in total. The molecule has 2 nitrogen and oxygen atoms in total. The highest BCUT2D eigenvalue weighted by molar-refractivity contribution is 8.00. The summed E-state index contributed by atoms with van der Waals surface area (Å²) in [5, 5.41) is 0. The third-order valence-corrected chi connectivity index (χ3v) is 4.46. The standard InChI is InChI=1S/C15H20O2S/c1-11-5-6-13(8-12(11)2)15(16)10-18-9-14-4-3-7-17-14/h5-6,8,14H,3-4,7,9-10H2,1-2H3. The van der Waals surface area contributed by atoms with E-state index in [9.17, 15) is 4.79 Å². The molecule has 98 valence electrons. The molecule has 1 unspecified atom stereocenters. The van der Waals surface area contributed by atoms with Gasteiger partial charge in [0.2, 0.25) is 0 Å². The van der Waals surface area contributed by atoms with Gasteiger partial charge >= 0.3 is 0 Å². The molecule has 1 aliphatic rings. The molecule has 2 rings (SSSR count). The highest BCUT2D eigenvalue weighted by Gasteiger charge is 2.16. The van der Waals surface area contributed by atoms with E-state index in [0.29, 0.717) is 11.9 Å². The van der Waals surface area contributed by atoms with Crippen LogP contribution >= 0.6 is 11.8 Å². The molecule has 1 aromatic carbocycles. The quantitative estimate of drug-likeness (QED) is 0.762. The van der Waals surface area contributed by atoms with E-state index in [0.717, 1.165) is 30.8 Å². The topological polar surface area (TPSA) is 26.3 Å². The average Bonchev–Trinajstić information content (AvgIpc) is 2.85. The fraction of sp³-hybridized carbons (Fsp3) is 0.533. The van der Waals surface area contributed by atoms with Crippen molar-refractivity contribution in [3.8, 4) is 0 Å². The summed E-state index contributed by atoms with van der Waals surface area (Å²) in [4.78, 5) is 12.0. The van der Waals surface area contributed by atoms with Crippen LogP contribution in [-0.4, -0.2) is 30.0 Å². The van der Waals surface area contributed by atoms with Gasteiger partial charge in [-0.05, 0) is 43.9 Å². The van der Waals surface area contributed by atoms with Crippen molar-refractivity contribution in [3.05, 3.63) is 34.9 Å². The lowest BCUT2D eigenvalue weighted by molar-refractivity contribution is 0.102. The maximum atomic E-state index is 12.0. The van der Waals surface area contributed by atoms with E-state index in [1.165, 1.54) is 11.1 Å². The van der Waals surface area contributed by atoms with Crippen molar-refractivity contribution >= 4 is 17.5 Å². The first-order chi connectivity index (χ1) is 8.66. The van der Waals surface area contributed by atoms with Crippen molar-refractivity contribution in [2.45, 2.75) is 32.8 Å². The maximum Gasteiger partial charge on any atom is 0.172 e. The van der Waals surface area contributed by atoms with Gasteiger partial charge in [-0.25, -0.2) is 0 Å². The van der Waals surface area contributed by atoms with Crippen molar-refractivity contribution in [1.29, 1.82) is 0 Å². The Balaban J connectivity index is 1.81. The number of ketones is 1. The maximum absolute atomic E-state index is 12.0. The minimum atomic E-state index is 0.223. The molecule has 1 aliphatic heterocycles. The molecule has 0 saturated carbocycles. The van der Waals surface area contributed by atoms with E-state index >= 15 is 0 Å². The second-order valence-corrected chi connectivity index (χ2v) is 5.90. The molecule has 0 radical (unpaired) electrons. The Kier molecular flexibility index (Phi) is 4.84. The second-order valence-electron chi connectivity index (χ2n) is 4.87. The highest BCUT2D eigenvalue weighted by Crippen LogP contribution is 2.18. The van der Waals surface area contributed by atoms with Crippen molar-refractivity contribution in [1.82, 2.24) is 0 Å². The zero-order valence-electron chi connectivity index (χ0n) is 11.1. The molecular formula is C15H20O2S. The van der Waals surface area contributed by atoms with Gasteiger partial charge in [-0.2, -0.15) is 11.8 Å². The van der Waals surface area contributed by atoms with Crippen molar-refractivity contribution < 1.29 is 9.53 Å². The summed E-state index contributed by atoms with van der Waals surface area (Å²) in [7, 11) is 0. The van der Waals surface area contributed by atoms with E-state index < -0.39 is 0 Å². The molecule has 0 bridgehead atoms. The van der Waals surface area contributed by atoms with Gasteiger partial charge in [-0.15, -0.1) is 0 Å². The normalized spacial score (nSPS) is 19.1. The minimum absolute atomic E-state index is 0.223. The number of thioether (sulfide) groups is 1. The first-order valence-electron chi connectivity index (χ1n) is 6.46. The highest BCUT2D eigenvalue weighted by atomic mass is 32.2. The van der Waals surface area contributed by atoms with Crippen LogP contribution in [0.3, 0.4) is 0 Å². The van der Waals surface area contributed by atoms with Gasteiger partial charge < -0.3 is 4.74 Å². The number of carbonyl (C=O) groups is 1. The average molecular weight is 264 g/mol. The lowest BCUT2D eigenvalue weighted by Gasteiger charge is -2.08. The Labute approximate surface area is 113 Å². The Morgan fingerprint density at radius 3 is 2.89 bits per heavy atom. The number of ether oxygens (including phenoxy) is 1. The van der Waals surface area contributed by atoms with Crippen molar-refractivity contribution in [2.24, 2.45) is 0 Å². The van der Waals surface area contributed by atoms with E-state index in [1.807, 2.05) is 25.1 Å². The predicted molar refractivity (Wildman–Crippen MR) is 76.5 cm³/mol. The molecule has 0 aliphatic carbocycles. The van der Waals surface area contributed by atoms with Gasteiger partial charge in [0.15, 0.2) is 5.78 Å². The fourth-order valence-electron chi connectivity index (χ4n) is 2.06.